The van der Waals surface area contributed by atoms with E-state index in [1.807, 2.05) is 30.3 Å². The average molecular weight is 406 g/mol. The second-order valence-corrected chi connectivity index (χ2v) is 6.69. The fourth-order valence-electron chi connectivity index (χ4n) is 2.66. The van der Waals surface area contributed by atoms with Gasteiger partial charge in [0, 0.05) is 0 Å². The molecule has 0 saturated carbocycles. The zero-order valence-electron chi connectivity index (χ0n) is 17.2. The van der Waals surface area contributed by atoms with Gasteiger partial charge in [-0.3, -0.25) is 4.79 Å². The van der Waals surface area contributed by atoms with E-state index in [-0.39, 0.29) is 22.4 Å². The Bertz CT molecular complexity index is 1030. The summed E-state index contributed by atoms with van der Waals surface area (Å²) in [5.74, 6) is -1.70. The lowest BCUT2D eigenvalue weighted by atomic mass is 10.0. The first-order chi connectivity index (χ1) is 14.3. The van der Waals surface area contributed by atoms with Gasteiger partial charge >= 0.3 is 11.9 Å². The fourth-order valence-corrected chi connectivity index (χ4v) is 2.66. The summed E-state index contributed by atoms with van der Waals surface area (Å²) in [6.45, 7) is 4.14. The van der Waals surface area contributed by atoms with Crippen LogP contribution in [0.1, 0.15) is 51.6 Å². The minimum atomic E-state index is -0.724. The number of benzene rings is 2. The molecular formula is C23H22N2O5. The van der Waals surface area contributed by atoms with E-state index in [9.17, 15) is 19.6 Å². The van der Waals surface area contributed by atoms with Crippen LogP contribution >= 0.6 is 0 Å². The lowest BCUT2D eigenvalue weighted by Crippen LogP contribution is -2.17. The summed E-state index contributed by atoms with van der Waals surface area (Å²) in [6, 6.07) is 13.4. The molecule has 30 heavy (non-hydrogen) atoms. The van der Waals surface area contributed by atoms with Crippen molar-refractivity contribution in [3.63, 3.8) is 0 Å². The van der Waals surface area contributed by atoms with Crippen molar-refractivity contribution in [3.8, 4) is 6.07 Å². The first kappa shape index (κ1) is 22.4. The third-order valence-corrected chi connectivity index (χ3v) is 4.37. The highest BCUT2D eigenvalue weighted by molar-refractivity contribution is 6.12. The van der Waals surface area contributed by atoms with E-state index in [1.54, 1.807) is 0 Å². The lowest BCUT2D eigenvalue weighted by molar-refractivity contribution is -0.112. The largest absolute Gasteiger partial charge is 0.465 e. The van der Waals surface area contributed by atoms with Crippen molar-refractivity contribution < 1.29 is 23.9 Å². The minimum Gasteiger partial charge on any atom is -0.465 e. The van der Waals surface area contributed by atoms with E-state index in [4.69, 9.17) is 4.74 Å². The first-order valence-corrected chi connectivity index (χ1v) is 9.14. The molecule has 0 spiro atoms. The standard InChI is InChI=1S/C23H22N2O5/c1-14(2)16-7-5-15(6-8-16)11-18(13-24)21(26)25-20-12-17(22(27)29-3)9-10-19(20)23(28)30-4/h5-12,14H,1-4H3,(H,25,26)/b18-11-. The van der Waals surface area contributed by atoms with Crippen molar-refractivity contribution in [2.75, 3.05) is 19.5 Å². The van der Waals surface area contributed by atoms with Crippen LogP contribution in [0.2, 0.25) is 0 Å². The first-order valence-electron chi connectivity index (χ1n) is 9.14. The monoisotopic (exact) mass is 406 g/mol. The van der Waals surface area contributed by atoms with Gasteiger partial charge in [-0.2, -0.15) is 5.26 Å². The Balaban J connectivity index is 2.36. The Kier molecular flexibility index (Phi) is 7.48. The van der Waals surface area contributed by atoms with E-state index in [2.05, 4.69) is 23.9 Å². The maximum absolute atomic E-state index is 12.7. The van der Waals surface area contributed by atoms with E-state index in [0.717, 1.165) is 5.56 Å². The van der Waals surface area contributed by atoms with Crippen LogP contribution in [0.3, 0.4) is 0 Å². The van der Waals surface area contributed by atoms with Crippen LogP contribution in [-0.2, 0) is 14.3 Å². The number of anilines is 1. The SMILES string of the molecule is COC(=O)c1ccc(C(=O)OC)c(NC(=O)/C(C#N)=C\c2ccc(C(C)C)cc2)c1. The van der Waals surface area contributed by atoms with Crippen LogP contribution < -0.4 is 5.32 Å². The molecule has 154 valence electrons. The number of ether oxygens (including phenoxy) is 2. The van der Waals surface area contributed by atoms with Gasteiger partial charge in [0.05, 0.1) is 31.0 Å². The Hall–Kier alpha value is -3.92. The molecule has 0 fully saturated rings. The number of hydrogen-bond acceptors (Lipinski definition) is 6. The van der Waals surface area contributed by atoms with Crippen molar-refractivity contribution in [2.45, 2.75) is 19.8 Å². The molecular weight excluding hydrogens is 384 g/mol. The summed E-state index contributed by atoms with van der Waals surface area (Å²) in [5.41, 5.74) is 1.86. The lowest BCUT2D eigenvalue weighted by Gasteiger charge is -2.11. The second kappa shape index (κ2) is 10.0. The molecule has 0 aromatic heterocycles. The predicted octanol–water partition coefficient (Wildman–Crippen LogP) is 3.93. The molecule has 1 N–H and O–H groups in total. The van der Waals surface area contributed by atoms with Crippen molar-refractivity contribution >= 4 is 29.6 Å². The molecule has 0 unspecified atom stereocenters. The van der Waals surface area contributed by atoms with Crippen LogP contribution in [-0.4, -0.2) is 32.1 Å². The molecule has 0 atom stereocenters. The molecule has 2 aromatic rings. The number of nitrogens with one attached hydrogen (secondary N) is 1. The molecule has 2 rings (SSSR count). The molecule has 7 nitrogen and oxygen atoms in total. The van der Waals surface area contributed by atoms with Crippen molar-refractivity contribution in [2.24, 2.45) is 0 Å². The molecule has 0 saturated heterocycles. The molecule has 0 aliphatic heterocycles. The number of rotatable bonds is 6. The van der Waals surface area contributed by atoms with E-state index in [1.165, 1.54) is 38.5 Å². The van der Waals surface area contributed by atoms with Crippen molar-refractivity contribution in [1.82, 2.24) is 0 Å². The highest BCUT2D eigenvalue weighted by atomic mass is 16.5. The number of carbonyl (C=O) groups is 3. The normalized spacial score (nSPS) is 10.9. The van der Waals surface area contributed by atoms with E-state index in [0.29, 0.717) is 11.5 Å². The smallest absolute Gasteiger partial charge is 0.339 e. The number of methoxy groups -OCH3 is 2. The summed E-state index contributed by atoms with van der Waals surface area (Å²) >= 11 is 0. The number of nitrogens with zero attached hydrogens (tertiary/aromatic N) is 1. The third kappa shape index (κ3) is 5.32. The van der Waals surface area contributed by atoms with E-state index < -0.39 is 17.8 Å². The van der Waals surface area contributed by atoms with Gasteiger partial charge in [0.2, 0.25) is 0 Å². The summed E-state index contributed by atoms with van der Waals surface area (Å²) < 4.78 is 9.38. The zero-order chi connectivity index (χ0) is 22.3. The molecule has 1 amide bonds. The number of esters is 2. The maximum Gasteiger partial charge on any atom is 0.339 e. The number of nitriles is 1. The summed E-state index contributed by atoms with van der Waals surface area (Å²) in [4.78, 5) is 36.5. The third-order valence-electron chi connectivity index (χ3n) is 4.37. The van der Waals surface area contributed by atoms with Crippen LogP contribution in [0.5, 0.6) is 0 Å². The van der Waals surface area contributed by atoms with Crippen molar-refractivity contribution in [3.05, 3.63) is 70.3 Å². The zero-order valence-corrected chi connectivity index (χ0v) is 17.2. The van der Waals surface area contributed by atoms with Gasteiger partial charge in [-0.1, -0.05) is 38.1 Å². The summed E-state index contributed by atoms with van der Waals surface area (Å²) in [5, 5.41) is 11.9. The molecule has 0 radical (unpaired) electrons. The van der Waals surface area contributed by atoms with E-state index >= 15 is 0 Å². The number of carbonyl (C=O) groups excluding carboxylic acids is 3. The second-order valence-electron chi connectivity index (χ2n) is 6.69. The number of amides is 1. The molecule has 7 heteroatoms. The Morgan fingerprint density at radius 1 is 1.00 bits per heavy atom. The van der Waals surface area contributed by atoms with Crippen molar-refractivity contribution in [1.29, 1.82) is 5.26 Å². The molecule has 0 bridgehead atoms. The average Bonchev–Trinajstić information content (AvgIpc) is 2.76. The van der Waals surface area contributed by atoms with Gasteiger partial charge in [0.15, 0.2) is 0 Å². The van der Waals surface area contributed by atoms with Crippen LogP contribution in [0.25, 0.3) is 6.08 Å². The highest BCUT2D eigenvalue weighted by Crippen LogP contribution is 2.21. The topological polar surface area (TPSA) is 105 Å². The quantitative estimate of drug-likeness (QED) is 0.443. The van der Waals surface area contributed by atoms with Gasteiger partial charge < -0.3 is 14.8 Å². The van der Waals surface area contributed by atoms with Gasteiger partial charge in [0.25, 0.3) is 5.91 Å². The summed E-state index contributed by atoms with van der Waals surface area (Å²) in [7, 11) is 2.42. The Labute approximate surface area is 174 Å². The van der Waals surface area contributed by atoms with Crippen LogP contribution in [0, 0.1) is 11.3 Å². The molecule has 2 aromatic carbocycles. The van der Waals surface area contributed by atoms with Crippen LogP contribution in [0.15, 0.2) is 48.0 Å². The van der Waals surface area contributed by atoms with Gasteiger partial charge in [-0.05, 0) is 41.3 Å². The predicted molar refractivity (Wildman–Crippen MR) is 112 cm³/mol. The molecule has 0 heterocycles. The Morgan fingerprint density at radius 3 is 2.17 bits per heavy atom. The minimum absolute atomic E-state index is 0.0334. The summed E-state index contributed by atoms with van der Waals surface area (Å²) in [6.07, 6.45) is 1.45. The fraction of sp³-hybridized carbons (Fsp3) is 0.217. The van der Waals surface area contributed by atoms with Gasteiger partial charge in [-0.25, -0.2) is 9.59 Å². The number of hydrogen-bond donors (Lipinski definition) is 1. The maximum atomic E-state index is 12.7. The van der Waals surface area contributed by atoms with Gasteiger partial charge in [0.1, 0.15) is 11.6 Å². The molecule has 0 aliphatic carbocycles. The Morgan fingerprint density at radius 2 is 1.63 bits per heavy atom. The van der Waals surface area contributed by atoms with Crippen LogP contribution in [0.4, 0.5) is 5.69 Å². The molecule has 0 aliphatic rings. The van der Waals surface area contributed by atoms with Gasteiger partial charge in [-0.15, -0.1) is 0 Å². The highest BCUT2D eigenvalue weighted by Gasteiger charge is 2.19.